The van der Waals surface area contributed by atoms with E-state index in [1.807, 2.05) is 0 Å². The Morgan fingerprint density at radius 2 is 1.85 bits per heavy atom. The topological polar surface area (TPSA) is 50.9 Å². The van der Waals surface area contributed by atoms with Crippen LogP contribution in [0.3, 0.4) is 0 Å². The molecule has 0 aliphatic carbocycles. The molecule has 0 atom stereocenters. The molecule has 7 heteroatoms. The number of nitrogens with two attached hydrogens (primary N) is 1. The predicted molar refractivity (Wildman–Crippen MR) is 82.2 cm³/mol. The van der Waals surface area contributed by atoms with Gasteiger partial charge in [0.2, 0.25) is 0 Å². The van der Waals surface area contributed by atoms with Crippen LogP contribution in [0.5, 0.6) is 0 Å². The molecule has 0 fully saturated rings. The first-order chi connectivity index (χ1) is 9.36. The van der Waals surface area contributed by atoms with Crippen molar-refractivity contribution in [2.24, 2.45) is 5.73 Å². The van der Waals surface area contributed by atoms with Crippen molar-refractivity contribution in [1.29, 1.82) is 0 Å². The van der Waals surface area contributed by atoms with Gasteiger partial charge in [-0.1, -0.05) is 28.1 Å². The van der Waals surface area contributed by atoms with Crippen molar-refractivity contribution in [3.63, 3.8) is 0 Å². The maximum atomic E-state index is 13.7. The highest BCUT2D eigenvalue weighted by Gasteiger charge is 2.12. The first-order valence-electron chi connectivity index (χ1n) is 5.57. The summed E-state index contributed by atoms with van der Waals surface area (Å²) in [6, 6.07) is 5.56. The van der Waals surface area contributed by atoms with Gasteiger partial charge in [-0.2, -0.15) is 0 Å². The molecule has 1 aromatic carbocycles. The maximum Gasteiger partial charge on any atom is 0.150 e. The second-order valence-electron chi connectivity index (χ2n) is 4.12. The first-order valence-corrected chi connectivity index (χ1v) is 6.77. The number of nitrogens with one attached hydrogen (secondary N) is 1. The standard InChI is InChI=1S/C13H10BrF2N3S/c1-6-2-7(13(17)20)3-11(18-6)19-12-9(15)4-8(14)5-10(12)16/h2-5H,1H3,(H2,17,20)(H,18,19). The molecular formula is C13H10BrF2N3S. The molecule has 3 N–H and O–H groups in total. The number of pyridine rings is 1. The van der Waals surface area contributed by atoms with E-state index in [2.05, 4.69) is 26.2 Å². The second-order valence-corrected chi connectivity index (χ2v) is 5.47. The summed E-state index contributed by atoms with van der Waals surface area (Å²) in [6.07, 6.45) is 0. The summed E-state index contributed by atoms with van der Waals surface area (Å²) in [5, 5.41) is 2.61. The van der Waals surface area contributed by atoms with Crippen molar-refractivity contribution in [2.75, 3.05) is 5.32 Å². The van der Waals surface area contributed by atoms with E-state index in [1.165, 1.54) is 6.07 Å². The number of aryl methyl sites for hydroxylation is 1. The van der Waals surface area contributed by atoms with E-state index in [0.29, 0.717) is 15.7 Å². The molecule has 0 saturated carbocycles. The molecule has 0 aliphatic heterocycles. The molecule has 0 unspecified atom stereocenters. The quantitative estimate of drug-likeness (QED) is 0.820. The minimum atomic E-state index is -0.725. The minimum Gasteiger partial charge on any atom is -0.389 e. The van der Waals surface area contributed by atoms with Crippen molar-refractivity contribution < 1.29 is 8.78 Å². The van der Waals surface area contributed by atoms with Gasteiger partial charge in [-0.25, -0.2) is 13.8 Å². The summed E-state index contributed by atoms with van der Waals surface area (Å²) in [6.45, 7) is 1.74. The van der Waals surface area contributed by atoms with Gasteiger partial charge in [-0.15, -0.1) is 0 Å². The molecule has 0 spiro atoms. The minimum absolute atomic E-state index is 0.190. The Labute approximate surface area is 128 Å². The zero-order valence-electron chi connectivity index (χ0n) is 10.4. The third-order valence-electron chi connectivity index (χ3n) is 2.50. The number of hydrogen-bond donors (Lipinski definition) is 2. The zero-order valence-corrected chi connectivity index (χ0v) is 12.8. The molecule has 3 nitrogen and oxygen atoms in total. The Balaban J connectivity index is 2.42. The van der Waals surface area contributed by atoms with Crippen molar-refractivity contribution in [2.45, 2.75) is 6.92 Å². The van der Waals surface area contributed by atoms with Crippen LogP contribution in [0.25, 0.3) is 0 Å². The third kappa shape index (κ3) is 3.29. The van der Waals surface area contributed by atoms with Crippen LogP contribution >= 0.6 is 28.1 Å². The number of halogens is 3. The fraction of sp³-hybridized carbons (Fsp3) is 0.0769. The molecule has 1 aromatic heterocycles. The van der Waals surface area contributed by atoms with Gasteiger partial charge in [0, 0.05) is 15.7 Å². The van der Waals surface area contributed by atoms with E-state index in [1.54, 1.807) is 13.0 Å². The SMILES string of the molecule is Cc1cc(C(N)=S)cc(Nc2c(F)cc(Br)cc2F)n1. The number of aromatic nitrogens is 1. The number of hydrogen-bond acceptors (Lipinski definition) is 3. The van der Waals surface area contributed by atoms with Crippen molar-refractivity contribution in [1.82, 2.24) is 4.98 Å². The number of thiocarbonyl (C=S) groups is 1. The summed E-state index contributed by atoms with van der Waals surface area (Å²) in [5.41, 5.74) is 6.48. The fourth-order valence-electron chi connectivity index (χ4n) is 1.66. The lowest BCUT2D eigenvalue weighted by atomic mass is 10.2. The molecule has 0 bridgehead atoms. The van der Waals surface area contributed by atoms with E-state index in [9.17, 15) is 8.78 Å². The van der Waals surface area contributed by atoms with Crippen molar-refractivity contribution >= 4 is 44.6 Å². The molecule has 0 saturated heterocycles. The van der Waals surface area contributed by atoms with E-state index < -0.39 is 11.6 Å². The Morgan fingerprint density at radius 1 is 1.25 bits per heavy atom. The highest BCUT2D eigenvalue weighted by atomic mass is 79.9. The van der Waals surface area contributed by atoms with Gasteiger partial charge in [-0.05, 0) is 31.2 Å². The van der Waals surface area contributed by atoms with Gasteiger partial charge < -0.3 is 11.1 Å². The van der Waals surface area contributed by atoms with Crippen LogP contribution in [0.15, 0.2) is 28.7 Å². The van der Waals surface area contributed by atoms with Gasteiger partial charge >= 0.3 is 0 Å². The predicted octanol–water partition coefficient (Wildman–Crippen LogP) is 3.81. The van der Waals surface area contributed by atoms with Crippen LogP contribution in [0.1, 0.15) is 11.3 Å². The average molecular weight is 358 g/mol. The van der Waals surface area contributed by atoms with Gasteiger partial charge in [-0.3, -0.25) is 0 Å². The summed E-state index contributed by atoms with van der Waals surface area (Å²) in [4.78, 5) is 4.33. The highest BCUT2D eigenvalue weighted by Crippen LogP contribution is 2.26. The largest absolute Gasteiger partial charge is 0.389 e. The number of benzene rings is 1. The van der Waals surface area contributed by atoms with Crippen LogP contribution < -0.4 is 11.1 Å². The zero-order chi connectivity index (χ0) is 14.9. The summed E-state index contributed by atoms with van der Waals surface area (Å²) < 4.78 is 27.8. The molecule has 1 heterocycles. The van der Waals surface area contributed by atoms with Crippen molar-refractivity contribution in [3.05, 3.63) is 51.6 Å². The maximum absolute atomic E-state index is 13.7. The Bertz CT molecular complexity index is 668. The van der Waals surface area contributed by atoms with Crippen LogP contribution in [0, 0.1) is 18.6 Å². The molecule has 20 heavy (non-hydrogen) atoms. The highest BCUT2D eigenvalue weighted by molar-refractivity contribution is 9.10. The summed E-state index contributed by atoms with van der Waals surface area (Å²) >= 11 is 7.90. The molecule has 2 aromatic rings. The van der Waals surface area contributed by atoms with Crippen molar-refractivity contribution in [3.8, 4) is 0 Å². The lowest BCUT2D eigenvalue weighted by Gasteiger charge is -2.10. The van der Waals surface area contributed by atoms with E-state index >= 15 is 0 Å². The average Bonchev–Trinajstić information content (AvgIpc) is 2.33. The smallest absolute Gasteiger partial charge is 0.150 e. The normalized spacial score (nSPS) is 10.4. The molecular weight excluding hydrogens is 348 g/mol. The van der Waals surface area contributed by atoms with E-state index in [0.717, 1.165) is 12.1 Å². The fourth-order valence-corrected chi connectivity index (χ4v) is 2.18. The Hall–Kier alpha value is -1.60. The van der Waals surface area contributed by atoms with E-state index in [4.69, 9.17) is 18.0 Å². The number of rotatable bonds is 3. The Morgan fingerprint density at radius 3 is 2.40 bits per heavy atom. The molecule has 0 aliphatic rings. The molecule has 104 valence electrons. The van der Waals surface area contributed by atoms with Gasteiger partial charge in [0.05, 0.1) is 0 Å². The molecule has 0 radical (unpaired) electrons. The van der Waals surface area contributed by atoms with Crippen LogP contribution in [-0.4, -0.2) is 9.97 Å². The van der Waals surface area contributed by atoms with E-state index in [-0.39, 0.29) is 16.5 Å². The van der Waals surface area contributed by atoms with Gasteiger partial charge in [0.25, 0.3) is 0 Å². The first kappa shape index (κ1) is 14.8. The second kappa shape index (κ2) is 5.80. The number of anilines is 2. The lowest BCUT2D eigenvalue weighted by molar-refractivity contribution is 0.589. The molecule has 0 amide bonds. The van der Waals surface area contributed by atoms with Crippen LogP contribution in [0.2, 0.25) is 0 Å². The lowest BCUT2D eigenvalue weighted by Crippen LogP contribution is -2.11. The van der Waals surface area contributed by atoms with Crippen LogP contribution in [-0.2, 0) is 0 Å². The summed E-state index contributed by atoms with van der Waals surface area (Å²) in [7, 11) is 0. The Kier molecular flexibility index (Phi) is 4.29. The number of nitrogens with zero attached hydrogens (tertiary/aromatic N) is 1. The molecule has 2 rings (SSSR count). The van der Waals surface area contributed by atoms with Gasteiger partial charge in [0.1, 0.15) is 16.5 Å². The summed E-state index contributed by atoms with van der Waals surface area (Å²) in [5.74, 6) is -1.18. The van der Waals surface area contributed by atoms with Gasteiger partial charge in [0.15, 0.2) is 11.6 Å². The van der Waals surface area contributed by atoms with Crippen LogP contribution in [0.4, 0.5) is 20.3 Å². The monoisotopic (exact) mass is 357 g/mol. The third-order valence-corrected chi connectivity index (χ3v) is 3.19.